The van der Waals surface area contributed by atoms with E-state index in [0.717, 1.165) is 5.56 Å². The number of benzene rings is 1. The Bertz CT molecular complexity index is 614. The number of nitrogens with zero attached hydrogens (tertiary/aromatic N) is 2. The van der Waals surface area contributed by atoms with Gasteiger partial charge in [0.1, 0.15) is 0 Å². The molecule has 0 saturated heterocycles. The summed E-state index contributed by atoms with van der Waals surface area (Å²) in [6.45, 7) is 0.360. The molecule has 0 bridgehead atoms. The molecule has 1 aromatic rings. The number of methoxy groups -OCH3 is 3. The molecule has 0 unspecified atom stereocenters. The van der Waals surface area contributed by atoms with Crippen LogP contribution in [0.2, 0.25) is 0 Å². The lowest BCUT2D eigenvalue weighted by Crippen LogP contribution is -2.39. The maximum Gasteiger partial charge on any atom is 0.401 e. The molecule has 0 atom stereocenters. The molecule has 0 spiro atoms. The van der Waals surface area contributed by atoms with E-state index in [2.05, 4.69) is 15.6 Å². The quantitative estimate of drug-likeness (QED) is 0.353. The number of halogens is 3. The van der Waals surface area contributed by atoms with Crippen LogP contribution in [0.15, 0.2) is 17.1 Å². The molecule has 1 rings (SSSR count). The van der Waals surface area contributed by atoms with Crippen molar-refractivity contribution in [3.05, 3.63) is 17.7 Å². The minimum Gasteiger partial charge on any atom is -0.493 e. The van der Waals surface area contributed by atoms with Crippen molar-refractivity contribution < 1.29 is 27.4 Å². The van der Waals surface area contributed by atoms with Crippen LogP contribution in [0.1, 0.15) is 12.0 Å². The van der Waals surface area contributed by atoms with E-state index in [4.69, 9.17) is 14.2 Å². The Morgan fingerprint density at radius 2 is 1.68 bits per heavy atom. The number of alkyl halides is 3. The lowest BCUT2D eigenvalue weighted by molar-refractivity contribution is -0.143. The Hall–Kier alpha value is -2.36. The molecule has 0 aliphatic carbocycles. The lowest BCUT2D eigenvalue weighted by atomic mass is 10.2. The van der Waals surface area contributed by atoms with Crippen LogP contribution in [0.5, 0.6) is 17.2 Å². The average molecular weight is 406 g/mol. The van der Waals surface area contributed by atoms with Gasteiger partial charge in [-0.2, -0.15) is 13.2 Å². The number of aliphatic imine (C=N–C) groups is 1. The third-order valence-electron chi connectivity index (χ3n) is 3.87. The van der Waals surface area contributed by atoms with Crippen molar-refractivity contribution in [3.8, 4) is 17.2 Å². The van der Waals surface area contributed by atoms with Gasteiger partial charge in [0, 0.05) is 20.1 Å². The van der Waals surface area contributed by atoms with Crippen LogP contribution in [0.4, 0.5) is 13.2 Å². The second-order valence-corrected chi connectivity index (χ2v) is 6.09. The molecule has 160 valence electrons. The van der Waals surface area contributed by atoms with Gasteiger partial charge >= 0.3 is 6.18 Å². The summed E-state index contributed by atoms with van der Waals surface area (Å²) in [4.78, 5) is 5.36. The van der Waals surface area contributed by atoms with Gasteiger partial charge in [-0.1, -0.05) is 0 Å². The standard InChI is InChI=1S/C18H29F3N4O3/c1-22-17(23-7-6-8-25(2)12-18(19,20)21)24-11-13-9-14(26-3)16(28-5)15(10-13)27-4/h9-10H,6-8,11-12H2,1-5H3,(H2,22,23,24). The Morgan fingerprint density at radius 1 is 1.07 bits per heavy atom. The molecule has 2 N–H and O–H groups in total. The molecular formula is C18H29F3N4O3. The monoisotopic (exact) mass is 406 g/mol. The van der Waals surface area contributed by atoms with Crippen molar-refractivity contribution >= 4 is 5.96 Å². The Morgan fingerprint density at radius 3 is 2.14 bits per heavy atom. The fraction of sp³-hybridized carbons (Fsp3) is 0.611. The van der Waals surface area contributed by atoms with Gasteiger partial charge in [-0.25, -0.2) is 0 Å². The molecule has 7 nitrogen and oxygen atoms in total. The first-order valence-corrected chi connectivity index (χ1v) is 8.72. The van der Waals surface area contributed by atoms with E-state index >= 15 is 0 Å². The summed E-state index contributed by atoms with van der Waals surface area (Å²) in [5.41, 5.74) is 0.891. The molecule has 0 saturated carbocycles. The molecule has 0 radical (unpaired) electrons. The van der Waals surface area contributed by atoms with Gasteiger partial charge in [0.15, 0.2) is 17.5 Å². The smallest absolute Gasteiger partial charge is 0.401 e. The number of ether oxygens (including phenoxy) is 3. The van der Waals surface area contributed by atoms with E-state index in [1.54, 1.807) is 21.3 Å². The molecular weight excluding hydrogens is 377 g/mol. The minimum atomic E-state index is -4.18. The Kier molecular flexibility index (Phi) is 9.70. The van der Waals surface area contributed by atoms with Crippen molar-refractivity contribution in [2.45, 2.75) is 19.1 Å². The van der Waals surface area contributed by atoms with Crippen molar-refractivity contribution in [1.29, 1.82) is 0 Å². The molecule has 0 aliphatic rings. The fourth-order valence-corrected chi connectivity index (χ4v) is 2.58. The summed E-state index contributed by atoms with van der Waals surface area (Å²) >= 11 is 0. The SMILES string of the molecule is CN=C(NCCCN(C)CC(F)(F)F)NCc1cc(OC)c(OC)c(OC)c1. The summed E-state index contributed by atoms with van der Waals surface area (Å²) in [6, 6.07) is 3.65. The Balaban J connectivity index is 2.52. The predicted molar refractivity (Wildman–Crippen MR) is 102 cm³/mol. The second-order valence-electron chi connectivity index (χ2n) is 6.09. The van der Waals surface area contributed by atoms with Crippen LogP contribution in [-0.2, 0) is 6.54 Å². The molecule has 1 aromatic carbocycles. The number of hydrogen-bond donors (Lipinski definition) is 2. The maximum atomic E-state index is 12.3. The van der Waals surface area contributed by atoms with Crippen molar-refractivity contribution in [3.63, 3.8) is 0 Å². The molecule has 28 heavy (non-hydrogen) atoms. The summed E-state index contributed by atoms with van der Waals surface area (Å²) in [5, 5.41) is 6.23. The first kappa shape index (κ1) is 23.7. The van der Waals surface area contributed by atoms with Gasteiger partial charge in [0.05, 0.1) is 27.9 Å². The summed E-state index contributed by atoms with van der Waals surface area (Å²) in [5.74, 6) is 2.16. The van der Waals surface area contributed by atoms with E-state index in [9.17, 15) is 13.2 Å². The molecule has 0 heterocycles. The highest BCUT2D eigenvalue weighted by molar-refractivity contribution is 5.79. The van der Waals surface area contributed by atoms with Gasteiger partial charge in [0.2, 0.25) is 5.75 Å². The second kappa shape index (κ2) is 11.5. The number of rotatable bonds is 10. The van der Waals surface area contributed by atoms with Crippen LogP contribution >= 0.6 is 0 Å². The average Bonchev–Trinajstić information content (AvgIpc) is 2.64. The normalized spacial score (nSPS) is 12.1. The summed E-state index contributed by atoms with van der Waals surface area (Å²) in [7, 11) is 7.71. The van der Waals surface area contributed by atoms with Crippen LogP contribution in [0.3, 0.4) is 0 Å². The van der Waals surface area contributed by atoms with Crippen molar-refractivity contribution in [2.75, 3.05) is 55.1 Å². The zero-order chi connectivity index (χ0) is 21.2. The zero-order valence-electron chi connectivity index (χ0n) is 16.9. The predicted octanol–water partition coefficient (Wildman–Crippen LogP) is 2.26. The largest absolute Gasteiger partial charge is 0.493 e. The van der Waals surface area contributed by atoms with Gasteiger partial charge in [-0.05, 0) is 37.7 Å². The molecule has 10 heteroatoms. The first-order chi connectivity index (χ1) is 13.2. The van der Waals surface area contributed by atoms with Gasteiger partial charge < -0.3 is 24.8 Å². The van der Waals surface area contributed by atoms with E-state index < -0.39 is 12.7 Å². The Labute approximate surface area is 163 Å². The first-order valence-electron chi connectivity index (χ1n) is 8.72. The highest BCUT2D eigenvalue weighted by Crippen LogP contribution is 2.38. The van der Waals surface area contributed by atoms with Gasteiger partial charge in [0.25, 0.3) is 0 Å². The topological polar surface area (TPSA) is 67.4 Å². The summed E-state index contributed by atoms with van der Waals surface area (Å²) in [6.07, 6.45) is -3.63. The number of nitrogens with one attached hydrogen (secondary N) is 2. The zero-order valence-corrected chi connectivity index (χ0v) is 16.9. The number of hydrogen-bond acceptors (Lipinski definition) is 5. The highest BCUT2D eigenvalue weighted by Gasteiger charge is 2.28. The van der Waals surface area contributed by atoms with Crippen LogP contribution in [-0.4, -0.2) is 72.1 Å². The molecule has 0 aliphatic heterocycles. The van der Waals surface area contributed by atoms with Crippen molar-refractivity contribution in [2.24, 2.45) is 4.99 Å². The molecule has 0 fully saturated rings. The summed E-state index contributed by atoms with van der Waals surface area (Å²) < 4.78 is 52.9. The van der Waals surface area contributed by atoms with E-state index in [0.29, 0.717) is 49.3 Å². The number of guanidine groups is 1. The van der Waals surface area contributed by atoms with Gasteiger partial charge in [-0.15, -0.1) is 0 Å². The third kappa shape index (κ3) is 8.12. The maximum absolute atomic E-state index is 12.3. The lowest BCUT2D eigenvalue weighted by Gasteiger charge is -2.19. The van der Waals surface area contributed by atoms with Crippen LogP contribution < -0.4 is 24.8 Å². The van der Waals surface area contributed by atoms with E-state index in [1.165, 1.54) is 19.1 Å². The minimum absolute atomic E-state index is 0.330. The highest BCUT2D eigenvalue weighted by atomic mass is 19.4. The van der Waals surface area contributed by atoms with E-state index in [1.807, 2.05) is 12.1 Å². The molecule has 0 amide bonds. The third-order valence-corrected chi connectivity index (χ3v) is 3.87. The molecule has 0 aromatic heterocycles. The van der Waals surface area contributed by atoms with Crippen molar-refractivity contribution in [1.82, 2.24) is 15.5 Å². The van der Waals surface area contributed by atoms with Crippen LogP contribution in [0, 0.1) is 0 Å². The van der Waals surface area contributed by atoms with Crippen LogP contribution in [0.25, 0.3) is 0 Å². The van der Waals surface area contributed by atoms with Gasteiger partial charge in [-0.3, -0.25) is 9.89 Å². The van der Waals surface area contributed by atoms with E-state index in [-0.39, 0.29) is 0 Å². The fourth-order valence-electron chi connectivity index (χ4n) is 2.58.